The summed E-state index contributed by atoms with van der Waals surface area (Å²) in [4.78, 5) is 11.3. The minimum atomic E-state index is -1.21. The maximum atomic E-state index is 11.3. The second kappa shape index (κ2) is 5.85. The molecular weight excluding hydrogens is 250 g/mol. The molecule has 0 fully saturated rings. The molecule has 98 valence electrons. The van der Waals surface area contributed by atoms with Crippen LogP contribution < -0.4 is 0 Å². The zero-order valence-corrected chi connectivity index (χ0v) is 11.0. The fraction of sp³-hybridized carbons (Fsp3) is 0.0588. The summed E-state index contributed by atoms with van der Waals surface area (Å²) in [6, 6.07) is 18.4. The van der Waals surface area contributed by atoms with E-state index in [4.69, 9.17) is 0 Å². The molecule has 0 bridgehead atoms. The van der Waals surface area contributed by atoms with Crippen molar-refractivity contribution < 1.29 is 9.90 Å². The Morgan fingerprint density at radius 3 is 2.20 bits per heavy atom. The SMILES string of the molecule is Cc1ccccc1C(=C(C#N)C(=O)O)c1ccccc1. The predicted octanol–water partition coefficient (Wildman–Crippen LogP) is 3.41. The molecule has 0 amide bonds. The van der Waals surface area contributed by atoms with E-state index in [0.717, 1.165) is 16.7 Å². The molecule has 0 aliphatic carbocycles. The summed E-state index contributed by atoms with van der Waals surface area (Å²) < 4.78 is 0. The second-order valence-electron chi connectivity index (χ2n) is 4.35. The van der Waals surface area contributed by atoms with Crippen LogP contribution in [0.15, 0.2) is 60.2 Å². The summed E-state index contributed by atoms with van der Waals surface area (Å²) in [6.45, 7) is 1.90. The van der Waals surface area contributed by atoms with E-state index in [1.165, 1.54) is 0 Å². The topological polar surface area (TPSA) is 61.1 Å². The van der Waals surface area contributed by atoms with Gasteiger partial charge < -0.3 is 5.11 Å². The lowest BCUT2D eigenvalue weighted by molar-refractivity contribution is -0.132. The first-order valence-corrected chi connectivity index (χ1v) is 6.14. The molecule has 0 aliphatic rings. The Kier molecular flexibility index (Phi) is 3.97. The van der Waals surface area contributed by atoms with Gasteiger partial charge in [-0.2, -0.15) is 5.26 Å². The number of carboxylic acids is 1. The monoisotopic (exact) mass is 263 g/mol. The molecule has 0 aromatic heterocycles. The Balaban J connectivity index is 2.80. The van der Waals surface area contributed by atoms with Gasteiger partial charge in [-0.3, -0.25) is 0 Å². The minimum absolute atomic E-state index is 0.245. The highest BCUT2D eigenvalue weighted by Crippen LogP contribution is 2.29. The first-order valence-electron chi connectivity index (χ1n) is 6.14. The van der Waals surface area contributed by atoms with Crippen molar-refractivity contribution in [3.8, 4) is 6.07 Å². The maximum absolute atomic E-state index is 11.3. The molecule has 0 aliphatic heterocycles. The summed E-state index contributed by atoms with van der Waals surface area (Å²) in [5.41, 5.74) is 2.63. The molecule has 20 heavy (non-hydrogen) atoms. The Hall–Kier alpha value is -2.86. The Morgan fingerprint density at radius 1 is 1.05 bits per heavy atom. The van der Waals surface area contributed by atoms with Crippen LogP contribution in [0.1, 0.15) is 16.7 Å². The van der Waals surface area contributed by atoms with E-state index in [-0.39, 0.29) is 5.57 Å². The summed E-state index contributed by atoms with van der Waals surface area (Å²) in [6.07, 6.45) is 0. The average molecular weight is 263 g/mol. The van der Waals surface area contributed by atoms with Gasteiger partial charge in [-0.25, -0.2) is 4.79 Å². The molecule has 0 heterocycles. The maximum Gasteiger partial charge on any atom is 0.347 e. The minimum Gasteiger partial charge on any atom is -0.477 e. The molecule has 2 aromatic rings. The smallest absolute Gasteiger partial charge is 0.347 e. The summed E-state index contributed by atoms with van der Waals surface area (Å²) in [5, 5.41) is 18.5. The van der Waals surface area contributed by atoms with Crippen molar-refractivity contribution in [2.75, 3.05) is 0 Å². The second-order valence-corrected chi connectivity index (χ2v) is 4.35. The third-order valence-corrected chi connectivity index (χ3v) is 3.05. The summed E-state index contributed by atoms with van der Waals surface area (Å²) in [5.74, 6) is -1.21. The number of hydrogen-bond acceptors (Lipinski definition) is 2. The van der Waals surface area contributed by atoms with Crippen LogP contribution in [0.5, 0.6) is 0 Å². The molecule has 2 rings (SSSR count). The van der Waals surface area contributed by atoms with E-state index >= 15 is 0 Å². The van der Waals surface area contributed by atoms with E-state index in [1.807, 2.05) is 61.5 Å². The van der Waals surface area contributed by atoms with Crippen LogP contribution in [0.25, 0.3) is 5.57 Å². The van der Waals surface area contributed by atoms with Crippen molar-refractivity contribution in [2.24, 2.45) is 0 Å². The number of aliphatic carboxylic acids is 1. The highest BCUT2D eigenvalue weighted by atomic mass is 16.4. The Bertz CT molecular complexity index is 709. The lowest BCUT2D eigenvalue weighted by atomic mass is 9.90. The Labute approximate surface area is 117 Å². The van der Waals surface area contributed by atoms with E-state index < -0.39 is 5.97 Å². The number of carbonyl (C=O) groups is 1. The molecule has 2 aromatic carbocycles. The van der Waals surface area contributed by atoms with E-state index in [9.17, 15) is 15.2 Å². The number of rotatable bonds is 3. The fourth-order valence-electron chi connectivity index (χ4n) is 2.10. The first kappa shape index (κ1) is 13.6. The molecule has 0 saturated carbocycles. The van der Waals surface area contributed by atoms with Gasteiger partial charge in [-0.15, -0.1) is 0 Å². The third-order valence-electron chi connectivity index (χ3n) is 3.05. The molecular formula is C17H13NO2. The first-order chi connectivity index (χ1) is 9.65. The highest BCUT2D eigenvalue weighted by Gasteiger charge is 2.18. The van der Waals surface area contributed by atoms with Crippen molar-refractivity contribution in [3.63, 3.8) is 0 Å². The molecule has 3 nitrogen and oxygen atoms in total. The summed E-state index contributed by atoms with van der Waals surface area (Å²) in [7, 11) is 0. The number of benzene rings is 2. The molecule has 0 atom stereocenters. The van der Waals surface area contributed by atoms with Crippen LogP contribution in [0, 0.1) is 18.3 Å². The lowest BCUT2D eigenvalue weighted by Gasteiger charge is -2.12. The van der Waals surface area contributed by atoms with Crippen LogP contribution in [0.2, 0.25) is 0 Å². The predicted molar refractivity (Wildman–Crippen MR) is 76.9 cm³/mol. The molecule has 0 unspecified atom stereocenters. The molecule has 0 spiro atoms. The van der Waals surface area contributed by atoms with E-state index in [1.54, 1.807) is 6.07 Å². The molecule has 0 saturated heterocycles. The van der Waals surface area contributed by atoms with Crippen molar-refractivity contribution in [1.82, 2.24) is 0 Å². The van der Waals surface area contributed by atoms with Crippen LogP contribution in [0.4, 0.5) is 0 Å². The van der Waals surface area contributed by atoms with Gasteiger partial charge in [0.05, 0.1) is 0 Å². The largest absolute Gasteiger partial charge is 0.477 e. The molecule has 0 radical (unpaired) electrons. The zero-order chi connectivity index (χ0) is 14.5. The fourth-order valence-corrected chi connectivity index (χ4v) is 2.10. The molecule has 1 N–H and O–H groups in total. The van der Waals surface area contributed by atoms with Gasteiger partial charge in [0.2, 0.25) is 0 Å². The van der Waals surface area contributed by atoms with Gasteiger partial charge in [-0.1, -0.05) is 54.6 Å². The quantitative estimate of drug-likeness (QED) is 0.682. The van der Waals surface area contributed by atoms with E-state index in [0.29, 0.717) is 5.57 Å². The van der Waals surface area contributed by atoms with Gasteiger partial charge in [0.1, 0.15) is 11.6 Å². The van der Waals surface area contributed by atoms with Gasteiger partial charge in [0, 0.05) is 5.57 Å². The molecule has 3 heteroatoms. The van der Waals surface area contributed by atoms with Gasteiger partial charge in [0.25, 0.3) is 0 Å². The number of carboxylic acid groups (broad SMARTS) is 1. The lowest BCUT2D eigenvalue weighted by Crippen LogP contribution is -2.04. The van der Waals surface area contributed by atoms with Crippen molar-refractivity contribution in [1.29, 1.82) is 5.26 Å². The van der Waals surface area contributed by atoms with E-state index in [2.05, 4.69) is 0 Å². The van der Waals surface area contributed by atoms with Crippen molar-refractivity contribution in [3.05, 3.63) is 76.9 Å². The standard InChI is InChI=1S/C17H13NO2/c1-12-7-5-6-10-14(12)16(15(11-18)17(19)20)13-8-3-2-4-9-13/h2-10H,1H3,(H,19,20). The van der Waals surface area contributed by atoms with Crippen LogP contribution in [0.3, 0.4) is 0 Å². The number of nitrogens with zero attached hydrogens (tertiary/aromatic N) is 1. The van der Waals surface area contributed by atoms with Gasteiger partial charge >= 0.3 is 5.97 Å². The van der Waals surface area contributed by atoms with Crippen molar-refractivity contribution in [2.45, 2.75) is 6.92 Å². The van der Waals surface area contributed by atoms with Gasteiger partial charge in [0.15, 0.2) is 0 Å². The van der Waals surface area contributed by atoms with Crippen LogP contribution in [-0.4, -0.2) is 11.1 Å². The highest BCUT2D eigenvalue weighted by molar-refractivity contribution is 6.04. The van der Waals surface area contributed by atoms with Gasteiger partial charge in [-0.05, 0) is 23.6 Å². The number of nitriles is 1. The number of aryl methyl sites for hydroxylation is 1. The Morgan fingerprint density at radius 2 is 1.65 bits per heavy atom. The zero-order valence-electron chi connectivity index (χ0n) is 11.0. The van der Waals surface area contributed by atoms with Crippen LogP contribution in [-0.2, 0) is 4.79 Å². The average Bonchev–Trinajstić information content (AvgIpc) is 2.46. The normalized spacial score (nSPS) is 11.4. The van der Waals surface area contributed by atoms with Crippen molar-refractivity contribution >= 4 is 11.5 Å². The third kappa shape index (κ3) is 2.60. The van der Waals surface area contributed by atoms with Crippen LogP contribution >= 0.6 is 0 Å². The number of hydrogen-bond donors (Lipinski definition) is 1. The summed E-state index contributed by atoms with van der Waals surface area (Å²) >= 11 is 0.